The monoisotopic (exact) mass is 169 g/mol. The lowest BCUT2D eigenvalue weighted by atomic mass is 10.5. The highest BCUT2D eigenvalue weighted by atomic mass is 15.4. The van der Waals surface area contributed by atoms with Crippen LogP contribution in [0.25, 0.3) is 0 Å². The Bertz CT molecular complexity index is 219. The molecule has 0 fully saturated rings. The van der Waals surface area contributed by atoms with Crippen molar-refractivity contribution in [3.05, 3.63) is 11.9 Å². The second-order valence-corrected chi connectivity index (χ2v) is 2.61. The molecule has 5 nitrogen and oxygen atoms in total. The number of nitrogens with zero attached hydrogens (tertiary/aromatic N) is 3. The Kier molecular flexibility index (Phi) is 3.69. The van der Waals surface area contributed by atoms with Crippen LogP contribution in [0, 0.1) is 0 Å². The van der Waals surface area contributed by atoms with Gasteiger partial charge in [0.1, 0.15) is 0 Å². The summed E-state index contributed by atoms with van der Waals surface area (Å²) in [5.74, 6) is 0. The van der Waals surface area contributed by atoms with E-state index in [-0.39, 0.29) is 0 Å². The van der Waals surface area contributed by atoms with Crippen LogP contribution in [0.2, 0.25) is 0 Å². The summed E-state index contributed by atoms with van der Waals surface area (Å²) in [5, 5.41) is 14.0. The highest BCUT2D eigenvalue weighted by Crippen LogP contribution is 1.90. The van der Waals surface area contributed by atoms with E-state index in [1.165, 1.54) is 0 Å². The van der Waals surface area contributed by atoms with E-state index >= 15 is 0 Å². The second kappa shape index (κ2) is 4.84. The summed E-state index contributed by atoms with van der Waals surface area (Å²) in [7, 11) is 3.82. The lowest BCUT2D eigenvalue weighted by molar-refractivity contribution is 0.565. The summed E-state index contributed by atoms with van der Waals surface area (Å²) in [6, 6.07) is 0. The fourth-order valence-electron chi connectivity index (χ4n) is 0.936. The van der Waals surface area contributed by atoms with Crippen molar-refractivity contribution in [1.29, 1.82) is 0 Å². The predicted molar refractivity (Wildman–Crippen MR) is 46.7 cm³/mol. The molecular weight excluding hydrogens is 154 g/mol. The van der Waals surface area contributed by atoms with Gasteiger partial charge in [-0.2, -0.15) is 0 Å². The van der Waals surface area contributed by atoms with Crippen LogP contribution in [-0.2, 0) is 13.1 Å². The number of rotatable bonds is 5. The van der Waals surface area contributed by atoms with Crippen LogP contribution >= 0.6 is 0 Å². The molecule has 0 aliphatic heterocycles. The van der Waals surface area contributed by atoms with Crippen LogP contribution < -0.4 is 10.6 Å². The molecule has 68 valence electrons. The van der Waals surface area contributed by atoms with Gasteiger partial charge in [-0.15, -0.1) is 5.10 Å². The van der Waals surface area contributed by atoms with Crippen molar-refractivity contribution in [2.75, 3.05) is 20.6 Å². The minimum atomic E-state index is 0.777. The van der Waals surface area contributed by atoms with Crippen LogP contribution in [-0.4, -0.2) is 35.6 Å². The van der Waals surface area contributed by atoms with Gasteiger partial charge in [-0.3, -0.25) is 4.68 Å². The zero-order valence-electron chi connectivity index (χ0n) is 7.54. The molecule has 0 unspecified atom stereocenters. The minimum absolute atomic E-state index is 0.777. The SMILES string of the molecule is CNCCn1cc(CNC)nn1. The Hall–Kier alpha value is -0.940. The van der Waals surface area contributed by atoms with Gasteiger partial charge in [-0.05, 0) is 14.1 Å². The zero-order valence-corrected chi connectivity index (χ0v) is 7.54. The first kappa shape index (κ1) is 9.15. The van der Waals surface area contributed by atoms with E-state index < -0.39 is 0 Å². The normalized spacial score (nSPS) is 10.5. The summed E-state index contributed by atoms with van der Waals surface area (Å²) in [5.41, 5.74) is 0.980. The number of aromatic nitrogens is 3. The van der Waals surface area contributed by atoms with Crippen LogP contribution in [0.3, 0.4) is 0 Å². The Morgan fingerprint density at radius 1 is 1.42 bits per heavy atom. The first-order valence-corrected chi connectivity index (χ1v) is 4.05. The van der Waals surface area contributed by atoms with Gasteiger partial charge >= 0.3 is 0 Å². The average molecular weight is 169 g/mol. The molecule has 0 atom stereocenters. The smallest absolute Gasteiger partial charge is 0.0964 e. The third kappa shape index (κ3) is 2.60. The quantitative estimate of drug-likeness (QED) is 0.607. The fourth-order valence-corrected chi connectivity index (χ4v) is 0.936. The molecule has 0 saturated heterocycles. The maximum absolute atomic E-state index is 3.98. The first-order valence-electron chi connectivity index (χ1n) is 4.05. The number of hydrogen-bond donors (Lipinski definition) is 2. The highest BCUT2D eigenvalue weighted by molar-refractivity contribution is 4.90. The van der Waals surface area contributed by atoms with Gasteiger partial charge in [0.15, 0.2) is 0 Å². The van der Waals surface area contributed by atoms with E-state index in [0.29, 0.717) is 0 Å². The standard InChI is InChI=1S/C7H15N5/c1-8-3-4-12-6-7(5-9-2)10-11-12/h6,8-9H,3-5H2,1-2H3. The maximum atomic E-state index is 3.98. The topological polar surface area (TPSA) is 54.8 Å². The highest BCUT2D eigenvalue weighted by Gasteiger charge is 1.97. The van der Waals surface area contributed by atoms with Crippen molar-refractivity contribution in [3.63, 3.8) is 0 Å². The Morgan fingerprint density at radius 2 is 2.25 bits per heavy atom. The number of nitrogens with one attached hydrogen (secondary N) is 2. The van der Waals surface area contributed by atoms with Crippen molar-refractivity contribution in [3.8, 4) is 0 Å². The molecule has 0 saturated carbocycles. The molecule has 5 heteroatoms. The molecule has 0 bridgehead atoms. The van der Waals surface area contributed by atoms with Crippen LogP contribution in [0.15, 0.2) is 6.20 Å². The Morgan fingerprint density at radius 3 is 2.92 bits per heavy atom. The predicted octanol–water partition coefficient (Wildman–Crippen LogP) is -0.783. The molecule has 0 radical (unpaired) electrons. The third-order valence-corrected chi connectivity index (χ3v) is 1.53. The van der Waals surface area contributed by atoms with Crippen molar-refractivity contribution in [2.45, 2.75) is 13.1 Å². The van der Waals surface area contributed by atoms with Gasteiger partial charge in [0.25, 0.3) is 0 Å². The van der Waals surface area contributed by atoms with Gasteiger partial charge in [-0.25, -0.2) is 0 Å². The lowest BCUT2D eigenvalue weighted by Crippen LogP contribution is -2.15. The molecule has 0 aliphatic rings. The first-order chi connectivity index (χ1) is 5.86. The lowest BCUT2D eigenvalue weighted by Gasteiger charge is -1.96. The minimum Gasteiger partial charge on any atom is -0.318 e. The van der Waals surface area contributed by atoms with Gasteiger partial charge in [-0.1, -0.05) is 5.21 Å². The largest absolute Gasteiger partial charge is 0.318 e. The van der Waals surface area contributed by atoms with Crippen molar-refractivity contribution < 1.29 is 0 Å². The van der Waals surface area contributed by atoms with Crippen LogP contribution in [0.4, 0.5) is 0 Å². The van der Waals surface area contributed by atoms with E-state index in [1.807, 2.05) is 25.0 Å². The molecule has 0 aromatic carbocycles. The van der Waals surface area contributed by atoms with E-state index in [0.717, 1.165) is 25.3 Å². The Labute approximate surface area is 72.2 Å². The van der Waals surface area contributed by atoms with Gasteiger partial charge in [0.2, 0.25) is 0 Å². The summed E-state index contributed by atoms with van der Waals surface area (Å²) < 4.78 is 1.84. The molecule has 1 aromatic rings. The molecule has 1 heterocycles. The molecule has 1 rings (SSSR count). The number of likely N-dealkylation sites (N-methyl/N-ethyl adjacent to an activating group) is 1. The summed E-state index contributed by atoms with van der Waals surface area (Å²) in [6.07, 6.45) is 1.95. The maximum Gasteiger partial charge on any atom is 0.0964 e. The molecule has 0 amide bonds. The Balaban J connectivity index is 2.41. The molecule has 1 aromatic heterocycles. The van der Waals surface area contributed by atoms with Gasteiger partial charge in [0.05, 0.1) is 12.2 Å². The molecule has 12 heavy (non-hydrogen) atoms. The number of hydrogen-bond acceptors (Lipinski definition) is 4. The summed E-state index contributed by atoms with van der Waals surface area (Å²) in [6.45, 7) is 2.56. The van der Waals surface area contributed by atoms with E-state index in [4.69, 9.17) is 0 Å². The average Bonchev–Trinajstić information content (AvgIpc) is 2.50. The second-order valence-electron chi connectivity index (χ2n) is 2.61. The zero-order chi connectivity index (χ0) is 8.81. The van der Waals surface area contributed by atoms with E-state index in [2.05, 4.69) is 20.9 Å². The van der Waals surface area contributed by atoms with E-state index in [9.17, 15) is 0 Å². The van der Waals surface area contributed by atoms with Crippen molar-refractivity contribution in [1.82, 2.24) is 25.6 Å². The summed E-state index contributed by atoms with van der Waals surface area (Å²) >= 11 is 0. The molecule has 0 spiro atoms. The van der Waals surface area contributed by atoms with Crippen molar-refractivity contribution in [2.24, 2.45) is 0 Å². The van der Waals surface area contributed by atoms with Gasteiger partial charge in [0, 0.05) is 19.3 Å². The fraction of sp³-hybridized carbons (Fsp3) is 0.714. The molecule has 2 N–H and O–H groups in total. The van der Waals surface area contributed by atoms with E-state index in [1.54, 1.807) is 0 Å². The van der Waals surface area contributed by atoms with Gasteiger partial charge < -0.3 is 10.6 Å². The van der Waals surface area contributed by atoms with Crippen LogP contribution in [0.5, 0.6) is 0 Å². The third-order valence-electron chi connectivity index (χ3n) is 1.53. The summed E-state index contributed by atoms with van der Waals surface area (Å²) in [4.78, 5) is 0. The molecule has 0 aliphatic carbocycles. The van der Waals surface area contributed by atoms with Crippen LogP contribution in [0.1, 0.15) is 5.69 Å². The molecular formula is C7H15N5. The van der Waals surface area contributed by atoms with Crippen molar-refractivity contribution >= 4 is 0 Å².